The molecule has 0 radical (unpaired) electrons. The molecule has 176 valence electrons. The highest BCUT2D eigenvalue weighted by Crippen LogP contribution is 2.27. The number of methoxy groups -OCH3 is 1. The van der Waals surface area contributed by atoms with E-state index in [1.165, 1.54) is 12.1 Å². The van der Waals surface area contributed by atoms with E-state index in [0.29, 0.717) is 19.8 Å². The van der Waals surface area contributed by atoms with Gasteiger partial charge in [0.2, 0.25) is 15.9 Å². The van der Waals surface area contributed by atoms with Crippen molar-refractivity contribution in [2.45, 2.75) is 12.5 Å². The van der Waals surface area contributed by atoms with Crippen LogP contribution in [-0.4, -0.2) is 70.8 Å². The molecule has 2 heterocycles. The zero-order chi connectivity index (χ0) is 23.4. The number of carbonyl (C=O) groups excluding carboxylic acids is 2. The van der Waals surface area contributed by atoms with Crippen molar-refractivity contribution in [2.75, 3.05) is 50.0 Å². The number of morpholine rings is 1. The molecule has 1 unspecified atom stereocenters. The first kappa shape index (κ1) is 23.2. The Balaban J connectivity index is 1.51. The van der Waals surface area contributed by atoms with Gasteiger partial charge in [0.25, 0.3) is 5.91 Å². The number of sulfonamides is 1. The van der Waals surface area contributed by atoms with Crippen molar-refractivity contribution in [1.29, 1.82) is 0 Å². The molecular formula is C23H27N3O6S. The number of nitrogens with one attached hydrogen (secondary N) is 1. The maximum atomic E-state index is 12.9. The van der Waals surface area contributed by atoms with Crippen LogP contribution in [-0.2, 0) is 19.6 Å². The van der Waals surface area contributed by atoms with Crippen LogP contribution in [0.25, 0.3) is 0 Å². The smallest absolute Gasteiger partial charge is 0.251 e. The van der Waals surface area contributed by atoms with Crippen molar-refractivity contribution in [1.82, 2.24) is 10.2 Å². The highest BCUT2D eigenvalue weighted by Gasteiger charge is 2.36. The predicted octanol–water partition coefficient (Wildman–Crippen LogP) is 1.56. The lowest BCUT2D eigenvalue weighted by molar-refractivity contribution is -0.116. The van der Waals surface area contributed by atoms with Crippen LogP contribution >= 0.6 is 0 Å². The normalized spacial score (nSPS) is 19.3. The van der Waals surface area contributed by atoms with Gasteiger partial charge in [-0.15, -0.1) is 0 Å². The Labute approximate surface area is 193 Å². The molecular weight excluding hydrogens is 446 g/mol. The van der Waals surface area contributed by atoms with Gasteiger partial charge in [0.05, 0.1) is 37.8 Å². The average Bonchev–Trinajstić information content (AvgIpc) is 3.12. The Morgan fingerprint density at radius 1 is 1.15 bits per heavy atom. The van der Waals surface area contributed by atoms with Crippen molar-refractivity contribution in [2.24, 2.45) is 0 Å². The van der Waals surface area contributed by atoms with Crippen LogP contribution in [0.4, 0.5) is 5.69 Å². The van der Waals surface area contributed by atoms with E-state index in [-0.39, 0.29) is 35.4 Å². The highest BCUT2D eigenvalue weighted by atomic mass is 32.2. The zero-order valence-corrected chi connectivity index (χ0v) is 19.2. The minimum atomic E-state index is -3.69. The highest BCUT2D eigenvalue weighted by molar-refractivity contribution is 7.94. The standard InChI is InChI=1S/C23H27N3O6S/c1-31-20-7-5-17(6-8-20)21(25-10-12-32-13-11-25)16-24-23(28)18-3-2-4-19(15-18)26-22(27)9-14-33(26,29)30/h2-8,15,21H,9-14,16H2,1H3,(H,24,28). The molecule has 0 saturated carbocycles. The number of amides is 2. The largest absolute Gasteiger partial charge is 0.497 e. The summed E-state index contributed by atoms with van der Waals surface area (Å²) in [4.78, 5) is 27.3. The molecule has 0 aromatic heterocycles. The van der Waals surface area contributed by atoms with E-state index in [9.17, 15) is 18.0 Å². The van der Waals surface area contributed by atoms with Crippen LogP contribution in [0.15, 0.2) is 48.5 Å². The van der Waals surface area contributed by atoms with Gasteiger partial charge >= 0.3 is 0 Å². The lowest BCUT2D eigenvalue weighted by Crippen LogP contribution is -2.43. The first-order valence-corrected chi connectivity index (χ1v) is 12.4. The van der Waals surface area contributed by atoms with E-state index in [1.54, 1.807) is 19.2 Å². The summed E-state index contributed by atoms with van der Waals surface area (Å²) in [7, 11) is -2.08. The molecule has 2 amide bonds. The van der Waals surface area contributed by atoms with Crippen LogP contribution in [0.1, 0.15) is 28.4 Å². The predicted molar refractivity (Wildman–Crippen MR) is 123 cm³/mol. The number of hydrogen-bond donors (Lipinski definition) is 1. The summed E-state index contributed by atoms with van der Waals surface area (Å²) in [6.45, 7) is 3.10. The maximum absolute atomic E-state index is 12.9. The summed E-state index contributed by atoms with van der Waals surface area (Å²) in [6, 6.07) is 13.8. The Bertz CT molecular complexity index is 1110. The molecule has 10 heteroatoms. The van der Waals surface area contributed by atoms with Crippen molar-refractivity contribution < 1.29 is 27.5 Å². The summed E-state index contributed by atoms with van der Waals surface area (Å²) in [5.41, 5.74) is 1.52. The van der Waals surface area contributed by atoms with E-state index < -0.39 is 15.9 Å². The van der Waals surface area contributed by atoms with Gasteiger partial charge in [-0.1, -0.05) is 18.2 Å². The van der Waals surface area contributed by atoms with E-state index in [1.807, 2.05) is 24.3 Å². The number of hydrogen-bond acceptors (Lipinski definition) is 7. The fourth-order valence-electron chi connectivity index (χ4n) is 4.11. The average molecular weight is 474 g/mol. The molecule has 0 bridgehead atoms. The summed E-state index contributed by atoms with van der Waals surface area (Å²) >= 11 is 0. The fraction of sp³-hybridized carbons (Fsp3) is 0.391. The van der Waals surface area contributed by atoms with Crippen LogP contribution in [0.3, 0.4) is 0 Å². The van der Waals surface area contributed by atoms with Crippen LogP contribution < -0.4 is 14.4 Å². The molecule has 1 N–H and O–H groups in total. The molecule has 4 rings (SSSR count). The van der Waals surface area contributed by atoms with Gasteiger partial charge in [-0.2, -0.15) is 0 Å². The van der Waals surface area contributed by atoms with Gasteiger partial charge < -0.3 is 14.8 Å². The number of ether oxygens (including phenoxy) is 2. The minimum absolute atomic E-state index is 0.0537. The second kappa shape index (κ2) is 9.90. The summed E-state index contributed by atoms with van der Waals surface area (Å²) in [5.74, 6) is -0.287. The van der Waals surface area contributed by atoms with Gasteiger partial charge in [0.15, 0.2) is 0 Å². The molecule has 2 aromatic carbocycles. The Morgan fingerprint density at radius 2 is 1.88 bits per heavy atom. The maximum Gasteiger partial charge on any atom is 0.251 e. The third kappa shape index (κ3) is 5.18. The Morgan fingerprint density at radius 3 is 2.52 bits per heavy atom. The topological polar surface area (TPSA) is 105 Å². The number of anilines is 1. The lowest BCUT2D eigenvalue weighted by Gasteiger charge is -2.35. The van der Waals surface area contributed by atoms with Crippen molar-refractivity contribution in [3.05, 3.63) is 59.7 Å². The lowest BCUT2D eigenvalue weighted by atomic mass is 10.0. The molecule has 2 aromatic rings. The van der Waals surface area contributed by atoms with Crippen molar-refractivity contribution >= 4 is 27.5 Å². The third-order valence-corrected chi connectivity index (χ3v) is 7.56. The molecule has 2 aliphatic rings. The number of rotatable bonds is 7. The molecule has 2 saturated heterocycles. The molecule has 2 fully saturated rings. The zero-order valence-electron chi connectivity index (χ0n) is 18.4. The quantitative estimate of drug-likeness (QED) is 0.651. The van der Waals surface area contributed by atoms with E-state index in [2.05, 4.69) is 10.2 Å². The van der Waals surface area contributed by atoms with Crippen LogP contribution in [0, 0.1) is 0 Å². The van der Waals surface area contributed by atoms with E-state index in [4.69, 9.17) is 9.47 Å². The molecule has 33 heavy (non-hydrogen) atoms. The van der Waals surface area contributed by atoms with Gasteiger partial charge in [0, 0.05) is 31.6 Å². The van der Waals surface area contributed by atoms with Gasteiger partial charge in [-0.3, -0.25) is 14.5 Å². The Hall–Kier alpha value is -2.95. The Kier molecular flexibility index (Phi) is 6.96. The minimum Gasteiger partial charge on any atom is -0.497 e. The van der Waals surface area contributed by atoms with E-state index >= 15 is 0 Å². The van der Waals surface area contributed by atoms with Crippen molar-refractivity contribution in [3.63, 3.8) is 0 Å². The SMILES string of the molecule is COc1ccc(C(CNC(=O)c2cccc(N3C(=O)CCS3(=O)=O)c2)N2CCOCC2)cc1. The van der Waals surface area contributed by atoms with Gasteiger partial charge in [0.1, 0.15) is 5.75 Å². The fourth-order valence-corrected chi connectivity index (χ4v) is 5.56. The summed E-state index contributed by atoms with van der Waals surface area (Å²) in [6.07, 6.45) is -0.0537. The molecule has 0 aliphatic carbocycles. The number of carbonyl (C=O) groups is 2. The summed E-state index contributed by atoms with van der Waals surface area (Å²) < 4.78 is 36.0. The first-order chi connectivity index (χ1) is 15.9. The molecule has 0 spiro atoms. The van der Waals surface area contributed by atoms with Gasteiger partial charge in [-0.25, -0.2) is 12.7 Å². The van der Waals surface area contributed by atoms with Gasteiger partial charge in [-0.05, 0) is 35.9 Å². The third-order valence-electron chi connectivity index (χ3n) is 5.86. The molecule has 2 aliphatic heterocycles. The molecule has 9 nitrogen and oxygen atoms in total. The van der Waals surface area contributed by atoms with E-state index in [0.717, 1.165) is 28.7 Å². The monoisotopic (exact) mass is 473 g/mol. The van der Waals surface area contributed by atoms with Crippen LogP contribution in [0.5, 0.6) is 5.75 Å². The second-order valence-corrected chi connectivity index (χ2v) is 9.86. The second-order valence-electron chi connectivity index (χ2n) is 7.92. The first-order valence-electron chi connectivity index (χ1n) is 10.8. The summed E-state index contributed by atoms with van der Waals surface area (Å²) in [5, 5.41) is 2.97. The van der Waals surface area contributed by atoms with Crippen LogP contribution in [0.2, 0.25) is 0 Å². The molecule has 1 atom stereocenters. The van der Waals surface area contributed by atoms with Crippen molar-refractivity contribution in [3.8, 4) is 5.75 Å². The number of benzene rings is 2. The number of nitrogens with zero attached hydrogens (tertiary/aromatic N) is 2.